The average Bonchev–Trinajstić information content (AvgIpc) is 3.26. The molecule has 1 aliphatic rings. The number of carbonyl (C=O) groups excluding carboxylic acids is 1. The van der Waals surface area contributed by atoms with Crippen LogP contribution in [0.1, 0.15) is 51.2 Å². The Labute approximate surface area is 204 Å². The number of halogens is 3. The molecule has 0 aromatic heterocycles. The van der Waals surface area contributed by atoms with Crippen molar-refractivity contribution >= 4 is 16.0 Å². The molecule has 3 rings (SSSR count). The van der Waals surface area contributed by atoms with Crippen LogP contribution in [0.2, 0.25) is 0 Å². The van der Waals surface area contributed by atoms with Crippen molar-refractivity contribution in [2.24, 2.45) is 5.41 Å². The minimum Gasteiger partial charge on any atom is -0.379 e. The van der Waals surface area contributed by atoms with E-state index in [-0.39, 0.29) is 36.1 Å². The summed E-state index contributed by atoms with van der Waals surface area (Å²) < 4.78 is 75.8. The number of carbonyl (C=O) groups is 1. The van der Waals surface area contributed by atoms with Crippen molar-refractivity contribution in [1.29, 1.82) is 0 Å². The highest BCUT2D eigenvalue weighted by Crippen LogP contribution is 2.32. The zero-order valence-electron chi connectivity index (χ0n) is 20.0. The van der Waals surface area contributed by atoms with E-state index >= 15 is 0 Å². The van der Waals surface area contributed by atoms with Gasteiger partial charge in [0.2, 0.25) is 5.91 Å². The van der Waals surface area contributed by atoms with Crippen LogP contribution in [0.15, 0.2) is 53.4 Å². The molecule has 0 saturated carbocycles. The summed E-state index contributed by atoms with van der Waals surface area (Å²) in [5, 5.41) is 0. The predicted octanol–water partition coefficient (Wildman–Crippen LogP) is 5.42. The molecular weight excluding hydrogens is 483 g/mol. The van der Waals surface area contributed by atoms with E-state index in [1.54, 1.807) is 23.1 Å². The summed E-state index contributed by atoms with van der Waals surface area (Å²) in [6.45, 7) is 6.91. The number of amides is 1. The Hall–Kier alpha value is -2.59. The molecule has 1 heterocycles. The molecule has 1 unspecified atom stereocenters. The Morgan fingerprint density at radius 1 is 1.11 bits per heavy atom. The molecule has 1 amide bonds. The van der Waals surface area contributed by atoms with Crippen molar-refractivity contribution in [2.45, 2.75) is 63.8 Å². The van der Waals surface area contributed by atoms with E-state index in [2.05, 4.69) is 0 Å². The molecule has 35 heavy (non-hydrogen) atoms. The number of alkyl halides is 3. The molecule has 1 aliphatic heterocycles. The lowest BCUT2D eigenvalue weighted by Crippen LogP contribution is -2.38. The smallest absolute Gasteiger partial charge is 0.379 e. The van der Waals surface area contributed by atoms with Gasteiger partial charge in [-0.3, -0.25) is 4.79 Å². The van der Waals surface area contributed by atoms with Gasteiger partial charge in [-0.2, -0.15) is 21.6 Å². The van der Waals surface area contributed by atoms with Crippen molar-refractivity contribution < 1.29 is 35.3 Å². The number of hydrogen-bond donors (Lipinski definition) is 0. The Kier molecular flexibility index (Phi) is 8.16. The van der Waals surface area contributed by atoms with Crippen molar-refractivity contribution in [1.82, 2.24) is 4.90 Å². The maximum atomic E-state index is 13.1. The topological polar surface area (TPSA) is 72.9 Å². The first-order chi connectivity index (χ1) is 16.2. The van der Waals surface area contributed by atoms with E-state index in [0.717, 1.165) is 31.0 Å². The van der Waals surface area contributed by atoms with Gasteiger partial charge >= 0.3 is 16.3 Å². The van der Waals surface area contributed by atoms with Gasteiger partial charge in [-0.05, 0) is 42.5 Å². The second-order valence-corrected chi connectivity index (χ2v) is 11.4. The summed E-state index contributed by atoms with van der Waals surface area (Å²) in [6, 6.07) is 9.66. The van der Waals surface area contributed by atoms with Gasteiger partial charge < -0.3 is 13.8 Å². The SMILES string of the molecule is CC(C)(C)CC(=O)N(Cc1ccccc1OS(=O)(=O)c1cccc(C(F)(F)F)c1)CC1CCCO1. The average molecular weight is 514 g/mol. The second kappa shape index (κ2) is 10.6. The lowest BCUT2D eigenvalue weighted by atomic mass is 9.91. The molecule has 6 nitrogen and oxygen atoms in total. The molecule has 0 spiro atoms. The fourth-order valence-electron chi connectivity index (χ4n) is 3.77. The number of ether oxygens (including phenoxy) is 1. The van der Waals surface area contributed by atoms with E-state index in [1.807, 2.05) is 20.8 Å². The summed E-state index contributed by atoms with van der Waals surface area (Å²) in [7, 11) is -4.55. The lowest BCUT2D eigenvalue weighted by Gasteiger charge is -2.29. The van der Waals surface area contributed by atoms with E-state index < -0.39 is 26.8 Å². The van der Waals surface area contributed by atoms with Crippen LogP contribution in [-0.4, -0.2) is 38.5 Å². The van der Waals surface area contributed by atoms with Crippen LogP contribution >= 0.6 is 0 Å². The fraction of sp³-hybridized carbons (Fsp3) is 0.480. The summed E-state index contributed by atoms with van der Waals surface area (Å²) in [4.78, 5) is 14.1. The van der Waals surface area contributed by atoms with Crippen molar-refractivity contribution in [2.75, 3.05) is 13.2 Å². The van der Waals surface area contributed by atoms with Gasteiger partial charge in [0.25, 0.3) is 0 Å². The van der Waals surface area contributed by atoms with Crippen molar-refractivity contribution in [3.05, 3.63) is 59.7 Å². The Morgan fingerprint density at radius 3 is 2.46 bits per heavy atom. The van der Waals surface area contributed by atoms with Gasteiger partial charge in [-0.1, -0.05) is 45.0 Å². The van der Waals surface area contributed by atoms with Crippen LogP contribution in [0.25, 0.3) is 0 Å². The zero-order chi connectivity index (χ0) is 25.9. The lowest BCUT2D eigenvalue weighted by molar-refractivity contribution is -0.138. The number of hydrogen-bond acceptors (Lipinski definition) is 5. The van der Waals surface area contributed by atoms with Crippen LogP contribution in [-0.2, 0) is 32.4 Å². The monoisotopic (exact) mass is 513 g/mol. The van der Waals surface area contributed by atoms with E-state index in [9.17, 15) is 26.4 Å². The quantitative estimate of drug-likeness (QED) is 0.441. The third-order valence-corrected chi connectivity index (χ3v) is 6.70. The second-order valence-electron chi connectivity index (χ2n) is 9.82. The van der Waals surface area contributed by atoms with Crippen LogP contribution < -0.4 is 4.18 Å². The first kappa shape index (κ1) is 27.0. The first-order valence-corrected chi connectivity index (χ1v) is 12.7. The summed E-state index contributed by atoms with van der Waals surface area (Å²) in [6.07, 6.45) is -2.80. The standard InChI is InChI=1S/C25H30F3NO5S/c1-24(2,3)15-23(30)29(17-20-10-7-13-33-20)16-18-8-4-5-12-22(18)34-35(31,32)21-11-6-9-19(14-21)25(26,27)28/h4-6,8-9,11-12,14,20H,7,10,13,15-17H2,1-3H3. The molecular formula is C25H30F3NO5S. The third kappa shape index (κ3) is 7.70. The number of rotatable bonds is 8. The summed E-state index contributed by atoms with van der Waals surface area (Å²) in [5.41, 5.74) is -0.927. The summed E-state index contributed by atoms with van der Waals surface area (Å²) in [5.74, 6) is -0.158. The minimum atomic E-state index is -4.69. The molecule has 10 heteroatoms. The largest absolute Gasteiger partial charge is 0.416 e. The molecule has 192 valence electrons. The van der Waals surface area contributed by atoms with Crippen LogP contribution in [0, 0.1) is 5.41 Å². The van der Waals surface area contributed by atoms with Gasteiger partial charge in [-0.15, -0.1) is 0 Å². The Bertz CT molecular complexity index is 1140. The minimum absolute atomic E-state index is 0.0502. The highest BCUT2D eigenvalue weighted by atomic mass is 32.2. The Morgan fingerprint density at radius 2 is 1.83 bits per heavy atom. The van der Waals surface area contributed by atoms with Gasteiger partial charge in [0, 0.05) is 31.7 Å². The van der Waals surface area contributed by atoms with Crippen molar-refractivity contribution in [3.8, 4) is 5.75 Å². The predicted molar refractivity (Wildman–Crippen MR) is 124 cm³/mol. The first-order valence-electron chi connectivity index (χ1n) is 11.3. The van der Waals surface area contributed by atoms with Gasteiger partial charge in [-0.25, -0.2) is 0 Å². The summed E-state index contributed by atoms with van der Waals surface area (Å²) >= 11 is 0. The third-order valence-electron chi connectivity index (χ3n) is 5.47. The Balaban J connectivity index is 1.87. The van der Waals surface area contributed by atoms with Gasteiger partial charge in [0.15, 0.2) is 0 Å². The van der Waals surface area contributed by atoms with E-state index in [4.69, 9.17) is 8.92 Å². The molecule has 1 saturated heterocycles. The zero-order valence-corrected chi connectivity index (χ0v) is 20.8. The molecule has 0 N–H and O–H groups in total. The van der Waals surface area contributed by atoms with Crippen LogP contribution in [0.4, 0.5) is 13.2 Å². The van der Waals surface area contributed by atoms with Gasteiger partial charge in [0.05, 0.1) is 11.7 Å². The van der Waals surface area contributed by atoms with Gasteiger partial charge in [0.1, 0.15) is 10.6 Å². The molecule has 0 aliphatic carbocycles. The molecule has 0 radical (unpaired) electrons. The normalized spacial score (nSPS) is 16.8. The highest BCUT2D eigenvalue weighted by Gasteiger charge is 2.32. The van der Waals surface area contributed by atoms with Crippen LogP contribution in [0.3, 0.4) is 0 Å². The number of benzene rings is 2. The van der Waals surface area contributed by atoms with Crippen molar-refractivity contribution in [3.63, 3.8) is 0 Å². The number of nitrogens with zero attached hydrogens (tertiary/aromatic N) is 1. The molecule has 0 bridgehead atoms. The van der Waals surface area contributed by atoms with E-state index in [1.165, 1.54) is 6.07 Å². The molecule has 1 atom stereocenters. The highest BCUT2D eigenvalue weighted by molar-refractivity contribution is 7.87. The number of para-hydroxylation sites is 1. The maximum Gasteiger partial charge on any atom is 0.416 e. The fourth-order valence-corrected chi connectivity index (χ4v) is 4.78. The maximum absolute atomic E-state index is 13.1. The van der Waals surface area contributed by atoms with Crippen LogP contribution in [0.5, 0.6) is 5.75 Å². The molecule has 2 aromatic rings. The van der Waals surface area contributed by atoms with E-state index in [0.29, 0.717) is 24.8 Å². The molecule has 1 fully saturated rings. The molecule has 2 aromatic carbocycles.